The number of likely N-dealkylation sites (tertiary alicyclic amines) is 1. The van der Waals surface area contributed by atoms with Crippen LogP contribution in [0.1, 0.15) is 28.2 Å². The Morgan fingerprint density at radius 1 is 1.45 bits per heavy atom. The number of hydrogen-bond acceptors (Lipinski definition) is 3. The zero-order valence-corrected chi connectivity index (χ0v) is 11.7. The number of aryl methyl sites for hydroxylation is 1. The molecule has 1 aliphatic heterocycles. The molecule has 0 radical (unpaired) electrons. The third-order valence-electron chi connectivity index (χ3n) is 3.71. The fraction of sp³-hybridized carbons (Fsp3) is 0.429. The van der Waals surface area contributed by atoms with Crippen LogP contribution in [0.3, 0.4) is 0 Å². The number of hydrogen-bond donors (Lipinski definition) is 2. The van der Waals surface area contributed by atoms with Gasteiger partial charge in [0.1, 0.15) is 11.3 Å². The molecule has 0 spiro atoms. The molecule has 2 N–H and O–H groups in total. The Hall–Kier alpha value is -2.09. The first-order chi connectivity index (χ1) is 10.3. The minimum atomic E-state index is -4.60. The van der Waals surface area contributed by atoms with Crippen LogP contribution in [0.4, 0.5) is 13.2 Å². The smallest absolute Gasteiger partial charge is 0.391 e. The zero-order chi connectivity index (χ0) is 16.1. The van der Waals surface area contributed by atoms with Gasteiger partial charge in [-0.3, -0.25) is 4.79 Å². The number of rotatable bonds is 1. The SMILES string of the molecule is Cc1nc2c(C(F)(F)F)cc(C(=O)N3CC[C@@H](O)C3)cc2[nH]1. The molecular weight excluding hydrogens is 299 g/mol. The summed E-state index contributed by atoms with van der Waals surface area (Å²) in [5.41, 5.74) is -1.01. The van der Waals surface area contributed by atoms with E-state index in [2.05, 4.69) is 9.97 Å². The highest BCUT2D eigenvalue weighted by molar-refractivity contribution is 5.98. The Labute approximate surface area is 123 Å². The quantitative estimate of drug-likeness (QED) is 0.847. The molecule has 5 nitrogen and oxygen atoms in total. The topological polar surface area (TPSA) is 69.2 Å². The van der Waals surface area contributed by atoms with Crippen molar-refractivity contribution in [2.75, 3.05) is 13.1 Å². The maximum atomic E-state index is 13.2. The zero-order valence-electron chi connectivity index (χ0n) is 11.7. The Balaban J connectivity index is 2.09. The predicted octanol–water partition coefficient (Wildman–Crippen LogP) is 2.10. The van der Waals surface area contributed by atoms with Crippen molar-refractivity contribution >= 4 is 16.9 Å². The average molecular weight is 313 g/mol. The van der Waals surface area contributed by atoms with Gasteiger partial charge in [-0.25, -0.2) is 4.98 Å². The van der Waals surface area contributed by atoms with Crippen molar-refractivity contribution in [3.63, 3.8) is 0 Å². The fourth-order valence-corrected chi connectivity index (χ4v) is 2.69. The molecule has 8 heteroatoms. The standard InChI is InChI=1S/C14H14F3N3O2/c1-7-18-11-5-8(13(22)20-3-2-9(21)6-20)4-10(12(11)19-7)14(15,16)17/h4-5,9,21H,2-3,6H2,1H3,(H,18,19)/t9-/m1/s1. The molecule has 1 saturated heterocycles. The monoisotopic (exact) mass is 313 g/mol. The van der Waals surface area contributed by atoms with Gasteiger partial charge in [0, 0.05) is 18.7 Å². The lowest BCUT2D eigenvalue weighted by Gasteiger charge is -2.17. The Bertz CT molecular complexity index is 739. The van der Waals surface area contributed by atoms with Crippen molar-refractivity contribution in [3.05, 3.63) is 29.1 Å². The van der Waals surface area contributed by atoms with Gasteiger partial charge in [0.15, 0.2) is 0 Å². The number of alkyl halides is 3. The molecule has 2 heterocycles. The summed E-state index contributed by atoms with van der Waals surface area (Å²) in [7, 11) is 0. The highest BCUT2D eigenvalue weighted by atomic mass is 19.4. The molecule has 1 fully saturated rings. The number of aromatic nitrogens is 2. The number of H-pyrrole nitrogens is 1. The molecule has 1 aromatic carbocycles. The van der Waals surface area contributed by atoms with Crippen LogP contribution in [-0.2, 0) is 6.18 Å². The molecule has 1 aliphatic rings. The molecule has 1 amide bonds. The molecule has 0 unspecified atom stereocenters. The van der Waals surface area contributed by atoms with Crippen molar-refractivity contribution in [1.29, 1.82) is 0 Å². The number of fused-ring (bicyclic) bond motifs is 1. The number of nitrogens with one attached hydrogen (secondary N) is 1. The van der Waals surface area contributed by atoms with E-state index in [0.29, 0.717) is 18.8 Å². The summed E-state index contributed by atoms with van der Waals surface area (Å²) in [6.07, 6.45) is -4.78. The molecule has 3 rings (SSSR count). The van der Waals surface area contributed by atoms with E-state index in [-0.39, 0.29) is 23.1 Å². The Morgan fingerprint density at radius 3 is 2.77 bits per heavy atom. The number of nitrogens with zero attached hydrogens (tertiary/aromatic N) is 2. The van der Waals surface area contributed by atoms with Gasteiger partial charge in [0.05, 0.1) is 17.2 Å². The number of aliphatic hydroxyl groups excluding tert-OH is 1. The van der Waals surface area contributed by atoms with E-state index in [1.807, 2.05) is 0 Å². The number of aromatic amines is 1. The summed E-state index contributed by atoms with van der Waals surface area (Å²) in [5.74, 6) is -0.169. The molecule has 0 bridgehead atoms. The minimum Gasteiger partial charge on any atom is -0.391 e. The van der Waals surface area contributed by atoms with Crippen molar-refractivity contribution in [2.45, 2.75) is 25.6 Å². The largest absolute Gasteiger partial charge is 0.418 e. The number of aliphatic hydroxyl groups is 1. The summed E-state index contributed by atoms with van der Waals surface area (Å²) in [6, 6.07) is 2.20. The van der Waals surface area contributed by atoms with E-state index in [9.17, 15) is 23.1 Å². The van der Waals surface area contributed by atoms with E-state index >= 15 is 0 Å². The minimum absolute atomic E-state index is 0.0578. The van der Waals surface area contributed by atoms with Crippen LogP contribution >= 0.6 is 0 Å². The first kappa shape index (κ1) is 14.8. The number of carbonyl (C=O) groups excluding carboxylic acids is 1. The highest BCUT2D eigenvalue weighted by Crippen LogP contribution is 2.35. The molecule has 1 atom stereocenters. The van der Waals surface area contributed by atoms with E-state index in [1.54, 1.807) is 6.92 Å². The highest BCUT2D eigenvalue weighted by Gasteiger charge is 2.36. The van der Waals surface area contributed by atoms with Crippen LogP contribution in [0.2, 0.25) is 0 Å². The first-order valence-electron chi connectivity index (χ1n) is 6.80. The number of amides is 1. The molecule has 1 aromatic heterocycles. The Morgan fingerprint density at radius 2 is 2.18 bits per heavy atom. The number of halogens is 3. The van der Waals surface area contributed by atoms with E-state index in [4.69, 9.17) is 0 Å². The van der Waals surface area contributed by atoms with Crippen LogP contribution in [0.5, 0.6) is 0 Å². The molecular formula is C14H14F3N3O2. The second-order valence-electron chi connectivity index (χ2n) is 5.43. The van der Waals surface area contributed by atoms with Crippen LogP contribution < -0.4 is 0 Å². The van der Waals surface area contributed by atoms with E-state index < -0.39 is 23.8 Å². The molecule has 2 aromatic rings. The summed E-state index contributed by atoms with van der Waals surface area (Å²) in [5, 5.41) is 9.46. The van der Waals surface area contributed by atoms with Crippen molar-refractivity contribution in [3.8, 4) is 0 Å². The van der Waals surface area contributed by atoms with E-state index in [0.717, 1.165) is 6.07 Å². The first-order valence-corrected chi connectivity index (χ1v) is 6.80. The van der Waals surface area contributed by atoms with Gasteiger partial charge in [-0.1, -0.05) is 0 Å². The third kappa shape index (κ3) is 2.54. The molecule has 0 saturated carbocycles. The lowest BCUT2D eigenvalue weighted by atomic mass is 10.1. The maximum absolute atomic E-state index is 13.2. The summed E-state index contributed by atoms with van der Waals surface area (Å²) >= 11 is 0. The van der Waals surface area contributed by atoms with Gasteiger partial charge in [0.25, 0.3) is 5.91 Å². The fourth-order valence-electron chi connectivity index (χ4n) is 2.69. The second kappa shape index (κ2) is 4.98. The van der Waals surface area contributed by atoms with E-state index in [1.165, 1.54) is 11.0 Å². The summed E-state index contributed by atoms with van der Waals surface area (Å²) < 4.78 is 39.6. The van der Waals surface area contributed by atoms with Crippen molar-refractivity contribution < 1.29 is 23.1 Å². The van der Waals surface area contributed by atoms with Crippen LogP contribution in [-0.4, -0.2) is 45.1 Å². The summed E-state index contributed by atoms with van der Waals surface area (Å²) in [6.45, 7) is 2.03. The third-order valence-corrected chi connectivity index (χ3v) is 3.71. The van der Waals surface area contributed by atoms with Crippen LogP contribution in [0, 0.1) is 6.92 Å². The maximum Gasteiger partial charge on any atom is 0.418 e. The van der Waals surface area contributed by atoms with Gasteiger partial charge in [-0.15, -0.1) is 0 Å². The van der Waals surface area contributed by atoms with Gasteiger partial charge >= 0.3 is 6.18 Å². The van der Waals surface area contributed by atoms with Gasteiger partial charge in [-0.05, 0) is 25.5 Å². The van der Waals surface area contributed by atoms with Crippen LogP contribution in [0.15, 0.2) is 12.1 Å². The summed E-state index contributed by atoms with van der Waals surface area (Å²) in [4.78, 5) is 20.3. The molecule has 22 heavy (non-hydrogen) atoms. The lowest BCUT2D eigenvalue weighted by molar-refractivity contribution is -0.136. The number of imidazole rings is 1. The van der Waals surface area contributed by atoms with Gasteiger partial charge in [-0.2, -0.15) is 13.2 Å². The molecule has 118 valence electrons. The van der Waals surface area contributed by atoms with Crippen LogP contribution in [0.25, 0.3) is 11.0 Å². The predicted molar refractivity (Wildman–Crippen MR) is 72.4 cm³/mol. The molecule has 0 aliphatic carbocycles. The second-order valence-corrected chi connectivity index (χ2v) is 5.43. The number of benzene rings is 1. The normalized spacial score (nSPS) is 19.1. The number of carbonyl (C=O) groups is 1. The Kier molecular flexibility index (Phi) is 3.36. The van der Waals surface area contributed by atoms with Gasteiger partial charge in [0.2, 0.25) is 0 Å². The number of β-amino-alcohol motifs (C(OH)–C–C–N with tert-alkyl or cyclic N) is 1. The van der Waals surface area contributed by atoms with Gasteiger partial charge < -0.3 is 15.0 Å². The average Bonchev–Trinajstić information content (AvgIpc) is 3.00. The lowest BCUT2D eigenvalue weighted by Crippen LogP contribution is -2.29. The van der Waals surface area contributed by atoms with Crippen molar-refractivity contribution in [2.24, 2.45) is 0 Å². The van der Waals surface area contributed by atoms with Crippen molar-refractivity contribution in [1.82, 2.24) is 14.9 Å².